The minimum atomic E-state index is -0.977. The van der Waals surface area contributed by atoms with Crippen LogP contribution in [0.5, 0.6) is 5.75 Å². The van der Waals surface area contributed by atoms with Gasteiger partial charge in [0.1, 0.15) is 30.5 Å². The highest BCUT2D eigenvalue weighted by Crippen LogP contribution is 2.32. The molecule has 0 bridgehead atoms. The zero-order valence-electron chi connectivity index (χ0n) is 16.9. The Hall–Kier alpha value is -3.44. The van der Waals surface area contributed by atoms with Gasteiger partial charge in [-0.2, -0.15) is 10.4 Å². The fourth-order valence-corrected chi connectivity index (χ4v) is 3.58. The van der Waals surface area contributed by atoms with Crippen molar-refractivity contribution in [1.82, 2.24) is 14.6 Å². The summed E-state index contributed by atoms with van der Waals surface area (Å²) < 4.78 is 7.37. The second kappa shape index (κ2) is 7.76. The van der Waals surface area contributed by atoms with Crippen molar-refractivity contribution in [3.05, 3.63) is 42.4 Å². The first-order valence-electron chi connectivity index (χ1n) is 9.81. The highest BCUT2D eigenvalue weighted by atomic mass is 16.5. The van der Waals surface area contributed by atoms with Crippen molar-refractivity contribution < 1.29 is 14.6 Å². The first kappa shape index (κ1) is 19.9. The summed E-state index contributed by atoms with van der Waals surface area (Å²) in [5, 5.41) is 23.7. The predicted molar refractivity (Wildman–Crippen MR) is 111 cm³/mol. The highest BCUT2D eigenvalue weighted by molar-refractivity contribution is 5.85. The van der Waals surface area contributed by atoms with Crippen LogP contribution in [0.15, 0.2) is 36.8 Å². The van der Waals surface area contributed by atoms with E-state index in [0.717, 1.165) is 36.2 Å². The summed E-state index contributed by atoms with van der Waals surface area (Å²) in [5.41, 5.74) is 1.74. The highest BCUT2D eigenvalue weighted by Gasteiger charge is 2.23. The summed E-state index contributed by atoms with van der Waals surface area (Å²) in [6.07, 6.45) is 6.82. The van der Waals surface area contributed by atoms with Gasteiger partial charge in [0.25, 0.3) is 0 Å². The number of aldehydes is 1. The maximum atomic E-state index is 11.0. The van der Waals surface area contributed by atoms with Crippen molar-refractivity contribution >= 4 is 17.6 Å². The van der Waals surface area contributed by atoms with Gasteiger partial charge in [-0.3, -0.25) is 0 Å². The molecule has 0 saturated carbocycles. The van der Waals surface area contributed by atoms with Crippen LogP contribution in [0.1, 0.15) is 25.8 Å². The minimum absolute atomic E-state index is 0.0562. The Morgan fingerprint density at radius 1 is 1.40 bits per heavy atom. The molecular weight excluding hydrogens is 382 g/mol. The third-order valence-electron chi connectivity index (χ3n) is 5.10. The van der Waals surface area contributed by atoms with E-state index < -0.39 is 5.60 Å². The molecule has 1 N–H and O–H groups in total. The first-order valence-corrected chi connectivity index (χ1v) is 9.81. The van der Waals surface area contributed by atoms with Crippen LogP contribution in [0, 0.1) is 17.2 Å². The van der Waals surface area contributed by atoms with Gasteiger partial charge in [-0.05, 0) is 38.5 Å². The maximum Gasteiger partial charge on any atom is 0.138 e. The zero-order valence-corrected chi connectivity index (χ0v) is 16.9. The molecule has 0 spiro atoms. The number of nitrogens with zero attached hydrogens (tertiary/aromatic N) is 5. The molecule has 1 aliphatic heterocycles. The zero-order chi connectivity index (χ0) is 21.3. The Kier molecular flexibility index (Phi) is 5.14. The summed E-state index contributed by atoms with van der Waals surface area (Å²) in [6.45, 7) is 4.95. The molecule has 154 valence electrons. The molecule has 8 heteroatoms. The van der Waals surface area contributed by atoms with E-state index in [-0.39, 0.29) is 12.5 Å². The van der Waals surface area contributed by atoms with Crippen molar-refractivity contribution in [3.8, 4) is 22.9 Å². The largest absolute Gasteiger partial charge is 0.489 e. The summed E-state index contributed by atoms with van der Waals surface area (Å²) in [4.78, 5) is 17.7. The normalized spacial score (nSPS) is 16.6. The SMILES string of the molecule is CC(C)(O)COc1cc(-c2ccc(N3CCC(C=O)C3)nc2)c2c(C#N)cnn2c1. The number of fused-ring (bicyclic) bond motifs is 1. The molecule has 4 rings (SSSR count). The van der Waals surface area contributed by atoms with Crippen LogP contribution >= 0.6 is 0 Å². The van der Waals surface area contributed by atoms with Gasteiger partial charge in [-0.15, -0.1) is 0 Å². The number of ether oxygens (including phenoxy) is 1. The second-order valence-electron chi connectivity index (χ2n) is 8.19. The Morgan fingerprint density at radius 3 is 2.87 bits per heavy atom. The Balaban J connectivity index is 1.70. The fourth-order valence-electron chi connectivity index (χ4n) is 3.58. The minimum Gasteiger partial charge on any atom is -0.489 e. The average molecular weight is 405 g/mol. The maximum absolute atomic E-state index is 11.0. The molecule has 1 unspecified atom stereocenters. The molecule has 4 heterocycles. The van der Waals surface area contributed by atoms with E-state index in [1.165, 1.54) is 6.20 Å². The standard InChI is InChI=1S/C22H23N5O3/c1-22(2,29)14-30-18-7-19(21-17(8-23)10-25-27(21)12-18)16-3-4-20(24-9-16)26-6-5-15(11-26)13-28/h3-4,7,9-10,12-13,15,29H,5-6,11,14H2,1-2H3. The summed E-state index contributed by atoms with van der Waals surface area (Å²) in [5.74, 6) is 1.41. The predicted octanol–water partition coefficient (Wildman–Crippen LogP) is 2.44. The molecule has 0 radical (unpaired) electrons. The van der Waals surface area contributed by atoms with E-state index in [0.29, 0.717) is 23.4 Å². The van der Waals surface area contributed by atoms with Gasteiger partial charge in [0.05, 0.1) is 29.1 Å². The number of nitriles is 1. The molecule has 0 amide bonds. The first-order chi connectivity index (χ1) is 14.4. The van der Waals surface area contributed by atoms with Crippen LogP contribution in [-0.2, 0) is 4.79 Å². The number of aromatic nitrogens is 3. The molecule has 1 aliphatic rings. The second-order valence-corrected chi connectivity index (χ2v) is 8.19. The van der Waals surface area contributed by atoms with Gasteiger partial charge >= 0.3 is 0 Å². The summed E-state index contributed by atoms with van der Waals surface area (Å²) >= 11 is 0. The molecule has 3 aromatic heterocycles. The lowest BCUT2D eigenvalue weighted by Gasteiger charge is -2.19. The molecule has 1 atom stereocenters. The van der Waals surface area contributed by atoms with Gasteiger partial charge < -0.3 is 19.5 Å². The number of carbonyl (C=O) groups is 1. The third-order valence-corrected chi connectivity index (χ3v) is 5.10. The quantitative estimate of drug-likeness (QED) is 0.628. The molecule has 8 nitrogen and oxygen atoms in total. The number of pyridine rings is 2. The Bertz CT molecular complexity index is 1110. The van der Waals surface area contributed by atoms with Gasteiger partial charge in [-0.1, -0.05) is 0 Å². The van der Waals surface area contributed by atoms with Crippen molar-refractivity contribution in [2.75, 3.05) is 24.6 Å². The monoisotopic (exact) mass is 405 g/mol. The van der Waals surface area contributed by atoms with E-state index in [9.17, 15) is 15.2 Å². The lowest BCUT2D eigenvalue weighted by atomic mass is 10.1. The molecule has 1 saturated heterocycles. The van der Waals surface area contributed by atoms with Gasteiger partial charge in [-0.25, -0.2) is 9.50 Å². The number of anilines is 1. The summed E-state index contributed by atoms with van der Waals surface area (Å²) in [6, 6.07) is 7.88. The van der Waals surface area contributed by atoms with Crippen LogP contribution < -0.4 is 9.64 Å². The van der Waals surface area contributed by atoms with E-state index in [1.54, 1.807) is 30.8 Å². The van der Waals surface area contributed by atoms with E-state index >= 15 is 0 Å². The van der Waals surface area contributed by atoms with Gasteiger partial charge in [0, 0.05) is 36.3 Å². The van der Waals surface area contributed by atoms with Crippen molar-refractivity contribution in [3.63, 3.8) is 0 Å². The van der Waals surface area contributed by atoms with Crippen molar-refractivity contribution in [2.24, 2.45) is 5.92 Å². The van der Waals surface area contributed by atoms with Crippen LogP contribution in [-0.4, -0.2) is 51.3 Å². The Labute approximate surface area is 174 Å². The molecule has 0 aliphatic carbocycles. The molecule has 0 aromatic carbocycles. The third kappa shape index (κ3) is 3.98. The fraction of sp³-hybridized carbons (Fsp3) is 0.364. The lowest BCUT2D eigenvalue weighted by molar-refractivity contribution is -0.110. The van der Waals surface area contributed by atoms with Crippen LogP contribution in [0.4, 0.5) is 5.82 Å². The molecular formula is C22H23N5O3. The topological polar surface area (TPSA) is 104 Å². The van der Waals surface area contributed by atoms with Crippen molar-refractivity contribution in [2.45, 2.75) is 25.9 Å². The number of hydrogen-bond acceptors (Lipinski definition) is 7. The number of aliphatic hydroxyl groups is 1. The Morgan fingerprint density at radius 2 is 2.23 bits per heavy atom. The van der Waals surface area contributed by atoms with Gasteiger partial charge in [0.15, 0.2) is 0 Å². The smallest absolute Gasteiger partial charge is 0.138 e. The molecule has 1 fully saturated rings. The van der Waals surface area contributed by atoms with Gasteiger partial charge in [0.2, 0.25) is 0 Å². The lowest BCUT2D eigenvalue weighted by Crippen LogP contribution is -2.27. The molecule has 30 heavy (non-hydrogen) atoms. The summed E-state index contributed by atoms with van der Waals surface area (Å²) in [7, 11) is 0. The van der Waals surface area contributed by atoms with E-state index in [4.69, 9.17) is 4.74 Å². The van der Waals surface area contributed by atoms with Crippen LogP contribution in [0.3, 0.4) is 0 Å². The van der Waals surface area contributed by atoms with Crippen LogP contribution in [0.25, 0.3) is 16.6 Å². The van der Waals surface area contributed by atoms with E-state index in [1.807, 2.05) is 18.2 Å². The van der Waals surface area contributed by atoms with Crippen LogP contribution in [0.2, 0.25) is 0 Å². The number of carbonyl (C=O) groups excluding carboxylic acids is 1. The molecule has 3 aromatic rings. The number of rotatable bonds is 6. The average Bonchev–Trinajstić information content (AvgIpc) is 3.38. The number of hydrogen-bond donors (Lipinski definition) is 1. The van der Waals surface area contributed by atoms with Crippen molar-refractivity contribution in [1.29, 1.82) is 5.26 Å². The van der Waals surface area contributed by atoms with E-state index in [2.05, 4.69) is 21.1 Å².